The molecule has 24 heavy (non-hydrogen) atoms. The summed E-state index contributed by atoms with van der Waals surface area (Å²) in [6.45, 7) is 0.608. The van der Waals surface area contributed by atoms with Gasteiger partial charge in [0.1, 0.15) is 23.8 Å². The highest BCUT2D eigenvalue weighted by atomic mass is 19.1. The topological polar surface area (TPSA) is 79.8 Å². The lowest BCUT2D eigenvalue weighted by Gasteiger charge is -2.09. The Hall–Kier alpha value is -3.16. The van der Waals surface area contributed by atoms with E-state index < -0.39 is 17.5 Å². The molecule has 1 aromatic carbocycles. The molecule has 0 aliphatic carbocycles. The van der Waals surface area contributed by atoms with Gasteiger partial charge in [-0.25, -0.2) is 23.7 Å². The van der Waals surface area contributed by atoms with Crippen LogP contribution in [-0.4, -0.2) is 33.9 Å². The van der Waals surface area contributed by atoms with Crippen molar-refractivity contribution >= 4 is 22.8 Å². The standard InChI is InChI=1S/C16H13F2N5O/c17-10-3-4-11(13(18)8-10)16(24)21-7-6-20-15-12-2-1-5-19-14(12)22-9-23-15/h1-5,8-9H,6-7H2,(H,21,24)(H,19,20,22,23). The molecule has 2 heterocycles. The first-order valence-electron chi connectivity index (χ1n) is 7.18. The van der Waals surface area contributed by atoms with E-state index in [1.807, 2.05) is 6.07 Å². The summed E-state index contributed by atoms with van der Waals surface area (Å²) < 4.78 is 26.3. The molecule has 0 aliphatic heterocycles. The van der Waals surface area contributed by atoms with E-state index in [-0.39, 0.29) is 12.1 Å². The Kier molecular flexibility index (Phi) is 4.55. The zero-order valence-electron chi connectivity index (χ0n) is 12.5. The number of hydrogen-bond acceptors (Lipinski definition) is 5. The fraction of sp³-hybridized carbons (Fsp3) is 0.125. The van der Waals surface area contributed by atoms with E-state index >= 15 is 0 Å². The number of hydrogen-bond donors (Lipinski definition) is 2. The van der Waals surface area contributed by atoms with Gasteiger partial charge in [0.25, 0.3) is 5.91 Å². The highest BCUT2D eigenvalue weighted by Crippen LogP contribution is 2.15. The molecule has 2 aromatic heterocycles. The maximum atomic E-state index is 13.5. The minimum atomic E-state index is -0.895. The molecule has 0 bridgehead atoms. The van der Waals surface area contributed by atoms with Gasteiger partial charge in [0.05, 0.1) is 10.9 Å². The monoisotopic (exact) mass is 329 g/mol. The molecule has 0 spiro atoms. The number of benzene rings is 1. The van der Waals surface area contributed by atoms with Crippen LogP contribution >= 0.6 is 0 Å². The second-order valence-corrected chi connectivity index (χ2v) is 4.90. The van der Waals surface area contributed by atoms with Crippen LogP contribution in [0.15, 0.2) is 42.9 Å². The van der Waals surface area contributed by atoms with Gasteiger partial charge >= 0.3 is 0 Å². The van der Waals surface area contributed by atoms with Crippen molar-refractivity contribution in [3.63, 3.8) is 0 Å². The number of nitrogens with one attached hydrogen (secondary N) is 2. The Morgan fingerprint density at radius 1 is 1.08 bits per heavy atom. The van der Waals surface area contributed by atoms with Crippen molar-refractivity contribution in [3.8, 4) is 0 Å². The molecule has 8 heteroatoms. The molecule has 0 atom stereocenters. The third kappa shape index (κ3) is 3.43. The maximum absolute atomic E-state index is 13.5. The number of anilines is 1. The predicted molar refractivity (Wildman–Crippen MR) is 84.5 cm³/mol. The summed E-state index contributed by atoms with van der Waals surface area (Å²) >= 11 is 0. The Morgan fingerprint density at radius 2 is 1.96 bits per heavy atom. The maximum Gasteiger partial charge on any atom is 0.254 e. The highest BCUT2D eigenvalue weighted by molar-refractivity contribution is 5.94. The van der Waals surface area contributed by atoms with Crippen LogP contribution in [-0.2, 0) is 0 Å². The summed E-state index contributed by atoms with van der Waals surface area (Å²) in [5, 5.41) is 6.37. The lowest BCUT2D eigenvalue weighted by atomic mass is 10.2. The van der Waals surface area contributed by atoms with E-state index in [1.165, 1.54) is 6.33 Å². The van der Waals surface area contributed by atoms with E-state index in [0.29, 0.717) is 24.1 Å². The van der Waals surface area contributed by atoms with Gasteiger partial charge in [0.2, 0.25) is 0 Å². The molecule has 6 nitrogen and oxygen atoms in total. The summed E-state index contributed by atoms with van der Waals surface area (Å²) in [6, 6.07) is 6.42. The Balaban J connectivity index is 1.58. The van der Waals surface area contributed by atoms with Gasteiger partial charge in [-0.1, -0.05) is 0 Å². The molecule has 0 aliphatic rings. The van der Waals surface area contributed by atoms with E-state index in [2.05, 4.69) is 25.6 Å². The van der Waals surface area contributed by atoms with Gasteiger partial charge < -0.3 is 10.6 Å². The molecule has 3 aromatic rings. The number of fused-ring (bicyclic) bond motifs is 1. The summed E-state index contributed by atoms with van der Waals surface area (Å²) in [6.07, 6.45) is 3.03. The van der Waals surface area contributed by atoms with Crippen LogP contribution in [0.5, 0.6) is 0 Å². The summed E-state index contributed by atoms with van der Waals surface area (Å²) in [5.74, 6) is -1.64. The number of carbonyl (C=O) groups excluding carboxylic acids is 1. The minimum Gasteiger partial charge on any atom is -0.368 e. The van der Waals surface area contributed by atoms with E-state index in [9.17, 15) is 13.6 Å². The molecule has 0 saturated carbocycles. The Bertz CT molecular complexity index is 882. The van der Waals surface area contributed by atoms with Crippen molar-refractivity contribution in [1.82, 2.24) is 20.3 Å². The second-order valence-electron chi connectivity index (χ2n) is 4.90. The average Bonchev–Trinajstić information content (AvgIpc) is 2.58. The number of rotatable bonds is 5. The summed E-state index contributed by atoms with van der Waals surface area (Å²) in [7, 11) is 0. The van der Waals surface area contributed by atoms with Gasteiger partial charge in [-0.2, -0.15) is 0 Å². The number of carbonyl (C=O) groups is 1. The molecule has 3 rings (SSSR count). The lowest BCUT2D eigenvalue weighted by molar-refractivity contribution is 0.0951. The average molecular weight is 329 g/mol. The van der Waals surface area contributed by atoms with Gasteiger partial charge in [0.15, 0.2) is 5.65 Å². The van der Waals surface area contributed by atoms with Crippen molar-refractivity contribution < 1.29 is 13.6 Å². The fourth-order valence-corrected chi connectivity index (χ4v) is 2.16. The van der Waals surface area contributed by atoms with Crippen molar-refractivity contribution in [1.29, 1.82) is 0 Å². The third-order valence-corrected chi connectivity index (χ3v) is 3.29. The molecule has 122 valence electrons. The number of aromatic nitrogens is 3. The molecule has 1 amide bonds. The van der Waals surface area contributed by atoms with Crippen LogP contribution in [0.2, 0.25) is 0 Å². The number of halogens is 2. The molecular weight excluding hydrogens is 316 g/mol. The largest absolute Gasteiger partial charge is 0.368 e. The van der Waals surface area contributed by atoms with Crippen LogP contribution in [0.4, 0.5) is 14.6 Å². The molecular formula is C16H13F2N5O. The normalized spacial score (nSPS) is 10.6. The van der Waals surface area contributed by atoms with E-state index in [4.69, 9.17) is 0 Å². The van der Waals surface area contributed by atoms with Crippen LogP contribution in [0, 0.1) is 11.6 Å². The third-order valence-electron chi connectivity index (χ3n) is 3.29. The Morgan fingerprint density at radius 3 is 2.79 bits per heavy atom. The van der Waals surface area contributed by atoms with Crippen molar-refractivity contribution in [2.75, 3.05) is 18.4 Å². The number of pyridine rings is 1. The smallest absolute Gasteiger partial charge is 0.254 e. The molecule has 0 fully saturated rings. The first-order chi connectivity index (χ1) is 11.6. The predicted octanol–water partition coefficient (Wildman–Crippen LogP) is 2.14. The second kappa shape index (κ2) is 6.95. The number of amides is 1. The Labute approximate surface area is 136 Å². The van der Waals surface area contributed by atoms with Crippen LogP contribution in [0.3, 0.4) is 0 Å². The van der Waals surface area contributed by atoms with Crippen LogP contribution in [0.1, 0.15) is 10.4 Å². The highest BCUT2D eigenvalue weighted by Gasteiger charge is 2.11. The first kappa shape index (κ1) is 15.7. The summed E-state index contributed by atoms with van der Waals surface area (Å²) in [4.78, 5) is 24.2. The van der Waals surface area contributed by atoms with Crippen molar-refractivity contribution in [3.05, 3.63) is 60.1 Å². The van der Waals surface area contributed by atoms with Gasteiger partial charge in [0, 0.05) is 25.4 Å². The zero-order valence-corrected chi connectivity index (χ0v) is 12.5. The zero-order chi connectivity index (χ0) is 16.9. The SMILES string of the molecule is O=C(NCCNc1ncnc2ncccc12)c1ccc(F)cc1F. The molecule has 0 saturated heterocycles. The van der Waals surface area contributed by atoms with E-state index in [1.54, 1.807) is 12.3 Å². The number of nitrogens with zero attached hydrogens (tertiary/aromatic N) is 3. The first-order valence-corrected chi connectivity index (χ1v) is 7.18. The van der Waals surface area contributed by atoms with Crippen LogP contribution < -0.4 is 10.6 Å². The van der Waals surface area contributed by atoms with Gasteiger partial charge in [-0.15, -0.1) is 0 Å². The van der Waals surface area contributed by atoms with Crippen molar-refractivity contribution in [2.45, 2.75) is 0 Å². The molecule has 0 unspecified atom stereocenters. The molecule has 2 N–H and O–H groups in total. The summed E-state index contributed by atoms with van der Waals surface area (Å²) in [5.41, 5.74) is 0.362. The van der Waals surface area contributed by atoms with Gasteiger partial charge in [-0.3, -0.25) is 4.79 Å². The molecule has 0 radical (unpaired) electrons. The van der Waals surface area contributed by atoms with Crippen LogP contribution in [0.25, 0.3) is 11.0 Å². The lowest BCUT2D eigenvalue weighted by Crippen LogP contribution is -2.29. The fourth-order valence-electron chi connectivity index (χ4n) is 2.16. The quantitative estimate of drug-likeness (QED) is 0.701. The van der Waals surface area contributed by atoms with E-state index in [0.717, 1.165) is 17.5 Å². The van der Waals surface area contributed by atoms with Gasteiger partial charge in [-0.05, 0) is 24.3 Å². The minimum absolute atomic E-state index is 0.201. The van der Waals surface area contributed by atoms with Crippen molar-refractivity contribution in [2.24, 2.45) is 0 Å².